The molecule has 110 valence electrons. The predicted molar refractivity (Wildman–Crippen MR) is 84.3 cm³/mol. The Morgan fingerprint density at radius 1 is 1.20 bits per heavy atom. The van der Waals surface area contributed by atoms with Crippen LogP contribution >= 0.6 is 12.2 Å². The summed E-state index contributed by atoms with van der Waals surface area (Å²) in [5.74, 6) is 2.15. The Labute approximate surface area is 124 Å². The predicted octanol–water partition coefficient (Wildman–Crippen LogP) is 4.15. The zero-order valence-corrected chi connectivity index (χ0v) is 13.3. The highest BCUT2D eigenvalue weighted by Gasteiger charge is 2.11. The van der Waals surface area contributed by atoms with Crippen LogP contribution in [0.3, 0.4) is 0 Å². The van der Waals surface area contributed by atoms with Crippen LogP contribution in [0.4, 0.5) is 0 Å². The molecule has 0 bridgehead atoms. The zero-order chi connectivity index (χ0) is 14.7. The fourth-order valence-electron chi connectivity index (χ4n) is 2.36. The first-order chi connectivity index (χ1) is 9.56. The monoisotopic (exact) mass is 294 g/mol. The molecule has 0 fully saturated rings. The molecule has 1 N–H and O–H groups in total. The number of hydrogen-bond acceptors (Lipinski definition) is 3. The fourth-order valence-corrected chi connectivity index (χ4v) is 2.66. The highest BCUT2D eigenvalue weighted by Crippen LogP contribution is 2.32. The summed E-state index contributed by atoms with van der Waals surface area (Å²) in [4.78, 5) is 3.23. The average Bonchev–Trinajstić information content (AvgIpc) is 2.72. The smallest absolute Gasteiger partial charge is 0.178 e. The minimum absolute atomic E-state index is 0.712. The van der Waals surface area contributed by atoms with E-state index in [2.05, 4.69) is 23.4 Å². The van der Waals surface area contributed by atoms with E-state index in [-0.39, 0.29) is 0 Å². The topological polar surface area (TPSA) is 39.2 Å². The number of rotatable bonds is 6. The van der Waals surface area contributed by atoms with Gasteiger partial charge in [0.25, 0.3) is 0 Å². The van der Waals surface area contributed by atoms with Gasteiger partial charge < -0.3 is 19.0 Å². The number of methoxy groups -OCH3 is 2. The third-order valence-corrected chi connectivity index (χ3v) is 3.77. The lowest BCUT2D eigenvalue weighted by molar-refractivity contribution is 0.355. The first kappa shape index (κ1) is 14.9. The molecule has 4 nitrogen and oxygen atoms in total. The van der Waals surface area contributed by atoms with E-state index >= 15 is 0 Å². The van der Waals surface area contributed by atoms with Crippen LogP contribution in [0.5, 0.6) is 11.5 Å². The molecule has 5 heteroatoms. The van der Waals surface area contributed by atoms with Crippen LogP contribution in [0.1, 0.15) is 26.7 Å². The molecule has 0 atom stereocenters. The number of fused-ring (bicyclic) bond motifs is 1. The molecule has 2 rings (SSSR count). The Balaban J connectivity index is 2.39. The number of aromatic nitrogens is 2. The molecule has 2 aromatic rings. The highest BCUT2D eigenvalue weighted by molar-refractivity contribution is 7.71. The van der Waals surface area contributed by atoms with Crippen LogP contribution in [0.15, 0.2) is 12.1 Å². The normalized spacial score (nSPS) is 11.2. The van der Waals surface area contributed by atoms with Crippen molar-refractivity contribution in [1.29, 1.82) is 0 Å². The maximum absolute atomic E-state index is 5.42. The van der Waals surface area contributed by atoms with Gasteiger partial charge in [0.15, 0.2) is 16.3 Å². The van der Waals surface area contributed by atoms with Gasteiger partial charge in [0, 0.05) is 18.7 Å². The lowest BCUT2D eigenvalue weighted by Crippen LogP contribution is -2.00. The van der Waals surface area contributed by atoms with Crippen molar-refractivity contribution in [2.45, 2.75) is 33.2 Å². The first-order valence-electron chi connectivity index (χ1n) is 6.91. The van der Waals surface area contributed by atoms with Crippen molar-refractivity contribution in [3.05, 3.63) is 16.9 Å². The van der Waals surface area contributed by atoms with Gasteiger partial charge in [0.1, 0.15) is 0 Å². The Kier molecular flexibility index (Phi) is 4.70. The summed E-state index contributed by atoms with van der Waals surface area (Å²) in [5, 5.41) is 0. The fraction of sp³-hybridized carbons (Fsp3) is 0.533. The minimum atomic E-state index is 0.712. The molecule has 1 heterocycles. The van der Waals surface area contributed by atoms with E-state index in [1.165, 1.54) is 6.42 Å². The summed E-state index contributed by atoms with van der Waals surface area (Å²) in [7, 11) is 3.28. The van der Waals surface area contributed by atoms with Crippen molar-refractivity contribution < 1.29 is 9.47 Å². The van der Waals surface area contributed by atoms with Crippen LogP contribution < -0.4 is 9.47 Å². The molecule has 0 saturated carbocycles. The lowest BCUT2D eigenvalue weighted by atomic mass is 10.1. The standard InChI is InChI=1S/C15H22N2O2S/c1-10(2)6-5-7-17-12-9-14(19-4)13(18-3)8-11(12)16-15(17)20/h8-10H,5-7H2,1-4H3,(H,16,20). The van der Waals surface area contributed by atoms with Crippen LogP contribution in [0, 0.1) is 10.7 Å². The summed E-state index contributed by atoms with van der Waals surface area (Å²) >= 11 is 5.42. The van der Waals surface area contributed by atoms with Crippen molar-refractivity contribution in [2.75, 3.05) is 14.2 Å². The molecule has 0 spiro atoms. The second kappa shape index (κ2) is 6.31. The SMILES string of the molecule is COc1cc2[nH]c(=S)n(CCCC(C)C)c2cc1OC. The molecule has 0 unspecified atom stereocenters. The third-order valence-electron chi connectivity index (χ3n) is 3.44. The number of hydrogen-bond donors (Lipinski definition) is 1. The van der Waals surface area contributed by atoms with Gasteiger partial charge in [-0.15, -0.1) is 0 Å². The van der Waals surface area contributed by atoms with Gasteiger partial charge in [-0.1, -0.05) is 13.8 Å². The molecule has 1 aromatic heterocycles. The molecule has 0 aliphatic carbocycles. The number of imidazole rings is 1. The molecule has 0 saturated heterocycles. The summed E-state index contributed by atoms with van der Waals surface area (Å²) in [6, 6.07) is 3.92. The van der Waals surface area contributed by atoms with E-state index in [0.717, 1.165) is 34.5 Å². The van der Waals surface area contributed by atoms with Crippen LogP contribution in [-0.2, 0) is 6.54 Å². The molecule has 0 radical (unpaired) electrons. The van der Waals surface area contributed by atoms with E-state index in [0.29, 0.717) is 11.7 Å². The summed E-state index contributed by atoms with van der Waals surface area (Å²) < 4.78 is 13.6. The quantitative estimate of drug-likeness (QED) is 0.813. The molecular formula is C15H22N2O2S. The number of nitrogens with zero attached hydrogens (tertiary/aromatic N) is 1. The van der Waals surface area contributed by atoms with Gasteiger partial charge in [0.2, 0.25) is 0 Å². The molecule has 0 aliphatic rings. The first-order valence-corrected chi connectivity index (χ1v) is 7.32. The number of aryl methyl sites for hydroxylation is 1. The number of benzene rings is 1. The van der Waals surface area contributed by atoms with Crippen molar-refractivity contribution in [2.24, 2.45) is 5.92 Å². The van der Waals surface area contributed by atoms with E-state index < -0.39 is 0 Å². The van der Waals surface area contributed by atoms with Gasteiger partial charge in [0.05, 0.1) is 25.3 Å². The minimum Gasteiger partial charge on any atom is -0.493 e. The Morgan fingerprint density at radius 2 is 1.85 bits per heavy atom. The van der Waals surface area contributed by atoms with E-state index in [4.69, 9.17) is 21.7 Å². The van der Waals surface area contributed by atoms with E-state index in [1.54, 1.807) is 14.2 Å². The summed E-state index contributed by atoms with van der Waals surface area (Å²) in [5.41, 5.74) is 2.05. The second-order valence-corrected chi connectivity index (χ2v) is 5.73. The van der Waals surface area contributed by atoms with Gasteiger partial charge in [-0.2, -0.15) is 0 Å². The van der Waals surface area contributed by atoms with Crippen LogP contribution in [0.25, 0.3) is 11.0 Å². The van der Waals surface area contributed by atoms with Crippen molar-refractivity contribution in [3.8, 4) is 11.5 Å². The molecule has 0 amide bonds. The number of nitrogens with one attached hydrogen (secondary N) is 1. The summed E-state index contributed by atoms with van der Waals surface area (Å²) in [6.45, 7) is 5.40. The largest absolute Gasteiger partial charge is 0.493 e. The zero-order valence-electron chi connectivity index (χ0n) is 12.5. The molecule has 20 heavy (non-hydrogen) atoms. The third kappa shape index (κ3) is 2.98. The number of H-pyrrole nitrogens is 1. The molecular weight excluding hydrogens is 272 g/mol. The lowest BCUT2D eigenvalue weighted by Gasteiger charge is -2.10. The van der Waals surface area contributed by atoms with Crippen molar-refractivity contribution >= 4 is 23.3 Å². The highest BCUT2D eigenvalue weighted by atomic mass is 32.1. The van der Waals surface area contributed by atoms with Gasteiger partial charge >= 0.3 is 0 Å². The second-order valence-electron chi connectivity index (χ2n) is 5.34. The number of ether oxygens (including phenoxy) is 2. The number of aromatic amines is 1. The van der Waals surface area contributed by atoms with Crippen LogP contribution in [0.2, 0.25) is 0 Å². The summed E-state index contributed by atoms with van der Waals surface area (Å²) in [6.07, 6.45) is 2.31. The Morgan fingerprint density at radius 3 is 2.45 bits per heavy atom. The molecule has 0 aliphatic heterocycles. The Hall–Kier alpha value is -1.49. The Bertz CT molecular complexity index is 643. The van der Waals surface area contributed by atoms with Crippen molar-refractivity contribution in [1.82, 2.24) is 9.55 Å². The molecule has 1 aromatic carbocycles. The maximum Gasteiger partial charge on any atom is 0.178 e. The maximum atomic E-state index is 5.42. The van der Waals surface area contributed by atoms with Gasteiger partial charge in [-0.3, -0.25) is 0 Å². The van der Waals surface area contributed by atoms with Gasteiger partial charge in [-0.25, -0.2) is 0 Å². The van der Waals surface area contributed by atoms with Gasteiger partial charge in [-0.05, 0) is 31.0 Å². The van der Waals surface area contributed by atoms with E-state index in [1.807, 2.05) is 12.1 Å². The van der Waals surface area contributed by atoms with Crippen LogP contribution in [-0.4, -0.2) is 23.8 Å². The average molecular weight is 294 g/mol. The van der Waals surface area contributed by atoms with Crippen molar-refractivity contribution in [3.63, 3.8) is 0 Å². The van der Waals surface area contributed by atoms with E-state index in [9.17, 15) is 0 Å².